The Morgan fingerprint density at radius 1 is 0.885 bits per heavy atom. The molecule has 142 valence electrons. The molecular weight excluding hydrogens is 430 g/mol. The fraction of sp³-hybridized carbons (Fsp3) is 0.286. The molecule has 0 radical (unpaired) electrons. The first-order valence-electron chi connectivity index (χ1n) is 7.33. The Morgan fingerprint density at radius 2 is 1.46 bits per heavy atom. The summed E-state index contributed by atoms with van der Waals surface area (Å²) in [7, 11) is -8.04. The van der Waals surface area contributed by atoms with Crippen LogP contribution in [0.2, 0.25) is 4.34 Å². The van der Waals surface area contributed by atoms with E-state index in [2.05, 4.69) is 0 Å². The molecule has 0 bridgehead atoms. The van der Waals surface area contributed by atoms with Gasteiger partial charge in [0.2, 0.25) is 10.0 Å². The molecule has 1 aromatic heterocycles. The molecule has 2 heterocycles. The molecule has 12 heteroatoms. The highest BCUT2D eigenvalue weighted by Crippen LogP contribution is 2.29. The SMILES string of the molecule is O=S(=O)(c1ccc(Cl)s1)N1CCN(S(=O)(=O)c2cc(F)ccc2F)CC1. The van der Waals surface area contributed by atoms with Crippen molar-refractivity contribution in [3.8, 4) is 0 Å². The zero-order valence-corrected chi connectivity index (χ0v) is 16.3. The van der Waals surface area contributed by atoms with Gasteiger partial charge in [0.1, 0.15) is 20.7 Å². The third-order valence-corrected chi connectivity index (χ3v) is 9.36. The molecule has 0 unspecified atom stereocenters. The lowest BCUT2D eigenvalue weighted by atomic mass is 10.3. The van der Waals surface area contributed by atoms with Gasteiger partial charge in [-0.1, -0.05) is 11.6 Å². The van der Waals surface area contributed by atoms with E-state index in [1.54, 1.807) is 0 Å². The monoisotopic (exact) mass is 442 g/mol. The number of piperazine rings is 1. The van der Waals surface area contributed by atoms with Crippen molar-refractivity contribution in [2.45, 2.75) is 9.10 Å². The maximum Gasteiger partial charge on any atom is 0.252 e. The molecule has 26 heavy (non-hydrogen) atoms. The van der Waals surface area contributed by atoms with Crippen LogP contribution in [0.1, 0.15) is 0 Å². The number of benzene rings is 1. The van der Waals surface area contributed by atoms with Crippen LogP contribution in [0.3, 0.4) is 0 Å². The lowest BCUT2D eigenvalue weighted by Gasteiger charge is -2.33. The second kappa shape index (κ2) is 7.13. The molecule has 0 spiro atoms. The second-order valence-corrected chi connectivity index (χ2v) is 11.2. The van der Waals surface area contributed by atoms with E-state index in [1.165, 1.54) is 12.1 Å². The van der Waals surface area contributed by atoms with Crippen molar-refractivity contribution in [1.29, 1.82) is 0 Å². The van der Waals surface area contributed by atoms with Crippen molar-refractivity contribution < 1.29 is 25.6 Å². The minimum Gasteiger partial charge on any atom is -0.207 e. The molecule has 2 aromatic rings. The van der Waals surface area contributed by atoms with Gasteiger partial charge in [-0.2, -0.15) is 8.61 Å². The molecule has 0 amide bonds. The van der Waals surface area contributed by atoms with Crippen LogP contribution in [-0.2, 0) is 20.0 Å². The number of rotatable bonds is 4. The average Bonchev–Trinajstić information content (AvgIpc) is 3.04. The van der Waals surface area contributed by atoms with E-state index < -0.39 is 36.6 Å². The van der Waals surface area contributed by atoms with Gasteiger partial charge in [0.05, 0.1) is 4.34 Å². The zero-order chi connectivity index (χ0) is 19.1. The fourth-order valence-electron chi connectivity index (χ4n) is 2.53. The van der Waals surface area contributed by atoms with Gasteiger partial charge in [0.25, 0.3) is 10.0 Å². The predicted octanol–water partition coefficient (Wildman–Crippen LogP) is 2.37. The number of thiophene rings is 1. The van der Waals surface area contributed by atoms with Crippen LogP contribution in [0.25, 0.3) is 0 Å². The molecule has 3 rings (SSSR count). The molecule has 1 aliphatic heterocycles. The first-order chi connectivity index (χ1) is 12.1. The Morgan fingerprint density at radius 3 is 2.00 bits per heavy atom. The molecule has 6 nitrogen and oxygen atoms in total. The van der Waals surface area contributed by atoms with Crippen molar-refractivity contribution in [1.82, 2.24) is 8.61 Å². The first-order valence-corrected chi connectivity index (χ1v) is 11.4. The van der Waals surface area contributed by atoms with Gasteiger partial charge >= 0.3 is 0 Å². The predicted molar refractivity (Wildman–Crippen MR) is 93.2 cm³/mol. The van der Waals surface area contributed by atoms with E-state index in [0.29, 0.717) is 10.4 Å². The highest BCUT2D eigenvalue weighted by Gasteiger charge is 2.35. The van der Waals surface area contributed by atoms with Crippen LogP contribution in [-0.4, -0.2) is 51.6 Å². The summed E-state index contributed by atoms with van der Waals surface area (Å²) in [6, 6.07) is 5.02. The van der Waals surface area contributed by atoms with Crippen molar-refractivity contribution in [2.75, 3.05) is 26.2 Å². The normalized spacial score (nSPS) is 17.5. The quantitative estimate of drug-likeness (QED) is 0.728. The first kappa shape index (κ1) is 19.6. The van der Waals surface area contributed by atoms with Gasteiger partial charge in [-0.25, -0.2) is 25.6 Å². The molecule has 0 saturated carbocycles. The molecule has 0 aliphatic carbocycles. The Bertz CT molecular complexity index is 1030. The Balaban J connectivity index is 1.79. The summed E-state index contributed by atoms with van der Waals surface area (Å²) in [6.07, 6.45) is 0. The minimum atomic E-state index is -4.27. The summed E-state index contributed by atoms with van der Waals surface area (Å²) >= 11 is 6.67. The average molecular weight is 443 g/mol. The Kier molecular flexibility index (Phi) is 5.39. The van der Waals surface area contributed by atoms with E-state index in [1.807, 2.05) is 0 Å². The van der Waals surface area contributed by atoms with Crippen molar-refractivity contribution in [3.05, 3.63) is 46.3 Å². The topological polar surface area (TPSA) is 74.8 Å². The smallest absolute Gasteiger partial charge is 0.207 e. The molecule has 1 fully saturated rings. The van der Waals surface area contributed by atoms with Gasteiger partial charge in [-0.15, -0.1) is 11.3 Å². The third-order valence-electron chi connectivity index (χ3n) is 3.85. The summed E-state index contributed by atoms with van der Waals surface area (Å²) in [5.41, 5.74) is 0. The lowest BCUT2D eigenvalue weighted by molar-refractivity contribution is 0.272. The zero-order valence-electron chi connectivity index (χ0n) is 13.1. The number of sulfonamides is 2. The van der Waals surface area contributed by atoms with Gasteiger partial charge < -0.3 is 0 Å². The highest BCUT2D eigenvalue weighted by molar-refractivity contribution is 7.91. The maximum absolute atomic E-state index is 13.8. The van der Waals surface area contributed by atoms with Gasteiger partial charge in [-0.3, -0.25) is 0 Å². The van der Waals surface area contributed by atoms with Crippen LogP contribution < -0.4 is 0 Å². The van der Waals surface area contributed by atoms with Gasteiger partial charge in [0.15, 0.2) is 0 Å². The van der Waals surface area contributed by atoms with E-state index in [0.717, 1.165) is 32.1 Å². The second-order valence-electron chi connectivity index (χ2n) is 5.44. The Hall–Kier alpha value is -1.11. The standard InChI is InChI=1S/C14H13ClF2N2O4S3/c15-13-3-4-14(24-13)26(22,23)19-7-5-18(6-8-19)25(20,21)12-9-10(16)1-2-11(12)17/h1-4,9H,5-8H2. The van der Waals surface area contributed by atoms with E-state index in [9.17, 15) is 25.6 Å². The van der Waals surface area contributed by atoms with E-state index >= 15 is 0 Å². The molecule has 1 saturated heterocycles. The molecule has 0 atom stereocenters. The van der Waals surface area contributed by atoms with Crippen molar-refractivity contribution >= 4 is 43.0 Å². The lowest BCUT2D eigenvalue weighted by Crippen LogP contribution is -2.50. The number of halogens is 3. The molecule has 0 N–H and O–H groups in total. The van der Waals surface area contributed by atoms with Crippen molar-refractivity contribution in [3.63, 3.8) is 0 Å². The van der Waals surface area contributed by atoms with Gasteiger partial charge in [-0.05, 0) is 30.3 Å². The highest BCUT2D eigenvalue weighted by atomic mass is 35.5. The van der Waals surface area contributed by atoms with Crippen molar-refractivity contribution in [2.24, 2.45) is 0 Å². The minimum absolute atomic E-state index is 0.0648. The van der Waals surface area contributed by atoms with Crippen LogP contribution in [0.4, 0.5) is 8.78 Å². The van der Waals surface area contributed by atoms with Crippen LogP contribution in [0.5, 0.6) is 0 Å². The van der Waals surface area contributed by atoms with Gasteiger partial charge in [0, 0.05) is 26.2 Å². The molecular formula is C14H13ClF2N2O4S3. The summed E-state index contributed by atoms with van der Waals surface area (Å²) in [5.74, 6) is -1.93. The van der Waals surface area contributed by atoms with Crippen LogP contribution in [0, 0.1) is 11.6 Å². The van der Waals surface area contributed by atoms with E-state index in [4.69, 9.17) is 11.6 Å². The summed E-state index contributed by atoms with van der Waals surface area (Å²) in [4.78, 5) is -0.765. The summed E-state index contributed by atoms with van der Waals surface area (Å²) in [5, 5.41) is 0. The fourth-order valence-corrected chi connectivity index (χ4v) is 7.09. The van der Waals surface area contributed by atoms with E-state index in [-0.39, 0.29) is 30.4 Å². The third kappa shape index (κ3) is 3.64. The summed E-state index contributed by atoms with van der Waals surface area (Å²) in [6.45, 7) is -0.546. The Labute approximate surface area is 158 Å². The maximum atomic E-state index is 13.8. The van der Waals surface area contributed by atoms with Crippen LogP contribution in [0.15, 0.2) is 39.4 Å². The largest absolute Gasteiger partial charge is 0.252 e. The molecule has 1 aliphatic rings. The van der Waals surface area contributed by atoms with Crippen LogP contribution >= 0.6 is 22.9 Å². The number of nitrogens with zero attached hydrogens (tertiary/aromatic N) is 2. The summed E-state index contributed by atoms with van der Waals surface area (Å²) < 4.78 is 79.7. The number of hydrogen-bond donors (Lipinski definition) is 0. The molecule has 1 aromatic carbocycles. The number of hydrogen-bond acceptors (Lipinski definition) is 5.